The molecule has 1 heterocycles. The van der Waals surface area contributed by atoms with E-state index in [0.29, 0.717) is 22.6 Å². The van der Waals surface area contributed by atoms with Crippen molar-refractivity contribution in [2.24, 2.45) is 0 Å². The molecule has 0 amide bonds. The zero-order valence-corrected chi connectivity index (χ0v) is 13.0. The van der Waals surface area contributed by atoms with Crippen LogP contribution in [0.5, 0.6) is 5.75 Å². The van der Waals surface area contributed by atoms with E-state index in [4.69, 9.17) is 27.9 Å². The van der Waals surface area contributed by atoms with Crippen LogP contribution in [0.15, 0.2) is 24.3 Å². The van der Waals surface area contributed by atoms with E-state index >= 15 is 0 Å². The zero-order valence-electron chi connectivity index (χ0n) is 11.5. The number of hydrogen-bond acceptors (Lipinski definition) is 3. The summed E-state index contributed by atoms with van der Waals surface area (Å²) >= 11 is 12.3. The van der Waals surface area contributed by atoms with E-state index in [1.807, 2.05) is 24.3 Å². The van der Waals surface area contributed by atoms with Crippen molar-refractivity contribution in [3.05, 3.63) is 51.5 Å². The second kappa shape index (κ2) is 6.91. The van der Waals surface area contributed by atoms with Crippen molar-refractivity contribution >= 4 is 23.2 Å². The topological polar surface area (TPSA) is 35.0 Å². The minimum absolute atomic E-state index is 0.454. The van der Waals surface area contributed by atoms with Gasteiger partial charge in [0.25, 0.3) is 0 Å². The molecular formula is C15H16Cl2N2O. The highest BCUT2D eigenvalue weighted by Gasteiger charge is 2.11. The average Bonchev–Trinajstić information content (AvgIpc) is 2.44. The standard InChI is InChI=1S/C15H16Cl2N2O/c1-3-4-12-14(16)18-13(19-15(12)17)9-10-5-7-11(20-2)8-6-10/h5-8H,3-4,9H2,1-2H3. The summed E-state index contributed by atoms with van der Waals surface area (Å²) in [5, 5.41) is 0.908. The summed E-state index contributed by atoms with van der Waals surface area (Å²) < 4.78 is 5.13. The molecule has 0 atom stereocenters. The van der Waals surface area contributed by atoms with Crippen LogP contribution >= 0.6 is 23.2 Å². The Balaban J connectivity index is 2.20. The molecule has 2 aromatic rings. The van der Waals surface area contributed by atoms with Gasteiger partial charge in [0.05, 0.1) is 7.11 Å². The van der Waals surface area contributed by atoms with E-state index in [1.54, 1.807) is 7.11 Å². The summed E-state index contributed by atoms with van der Waals surface area (Å²) in [4.78, 5) is 8.66. The maximum Gasteiger partial charge on any atom is 0.137 e. The molecule has 106 valence electrons. The van der Waals surface area contributed by atoms with E-state index in [9.17, 15) is 0 Å². The van der Waals surface area contributed by atoms with Gasteiger partial charge in [-0.3, -0.25) is 0 Å². The summed E-state index contributed by atoms with van der Waals surface area (Å²) in [7, 11) is 1.64. The van der Waals surface area contributed by atoms with Crippen LogP contribution in [0.2, 0.25) is 10.3 Å². The Kier molecular flexibility index (Phi) is 5.21. The van der Waals surface area contributed by atoms with Crippen LogP contribution in [0.4, 0.5) is 0 Å². The molecule has 0 bridgehead atoms. The van der Waals surface area contributed by atoms with Gasteiger partial charge < -0.3 is 4.74 Å². The lowest BCUT2D eigenvalue weighted by molar-refractivity contribution is 0.414. The Hall–Kier alpha value is -1.32. The molecule has 0 fully saturated rings. The quantitative estimate of drug-likeness (QED) is 0.771. The van der Waals surface area contributed by atoms with Crippen molar-refractivity contribution in [3.63, 3.8) is 0 Å². The molecule has 1 aromatic heterocycles. The molecule has 0 aliphatic carbocycles. The summed E-state index contributed by atoms with van der Waals surface area (Å²) in [6.07, 6.45) is 2.34. The van der Waals surface area contributed by atoms with Crippen LogP contribution in [-0.4, -0.2) is 17.1 Å². The first-order valence-electron chi connectivity index (χ1n) is 6.47. The van der Waals surface area contributed by atoms with Crippen molar-refractivity contribution in [2.45, 2.75) is 26.2 Å². The van der Waals surface area contributed by atoms with Gasteiger partial charge >= 0.3 is 0 Å². The Morgan fingerprint density at radius 2 is 1.65 bits per heavy atom. The normalized spacial score (nSPS) is 10.6. The Morgan fingerprint density at radius 1 is 1.05 bits per heavy atom. The number of halogens is 2. The fourth-order valence-electron chi connectivity index (χ4n) is 1.93. The molecular weight excluding hydrogens is 295 g/mol. The molecule has 3 nitrogen and oxygen atoms in total. The summed E-state index contributed by atoms with van der Waals surface area (Å²) in [5.41, 5.74) is 1.91. The molecule has 0 radical (unpaired) electrons. The molecule has 2 rings (SSSR count). The number of methoxy groups -OCH3 is 1. The molecule has 0 aliphatic rings. The number of benzene rings is 1. The van der Waals surface area contributed by atoms with Crippen LogP contribution in [-0.2, 0) is 12.8 Å². The molecule has 0 saturated heterocycles. The minimum atomic E-state index is 0.454. The van der Waals surface area contributed by atoms with Gasteiger partial charge in [0.15, 0.2) is 0 Å². The summed E-state index contributed by atoms with van der Waals surface area (Å²) in [6.45, 7) is 2.07. The van der Waals surface area contributed by atoms with E-state index < -0.39 is 0 Å². The van der Waals surface area contributed by atoms with Gasteiger partial charge in [0.2, 0.25) is 0 Å². The summed E-state index contributed by atoms with van der Waals surface area (Å²) in [5.74, 6) is 1.45. The van der Waals surface area contributed by atoms with Gasteiger partial charge in [-0.1, -0.05) is 48.7 Å². The van der Waals surface area contributed by atoms with Gasteiger partial charge in [-0.25, -0.2) is 9.97 Å². The molecule has 1 aromatic carbocycles. The molecule has 0 spiro atoms. The SMILES string of the molecule is CCCc1c(Cl)nc(Cc2ccc(OC)cc2)nc1Cl. The van der Waals surface area contributed by atoms with Crippen molar-refractivity contribution in [3.8, 4) is 5.75 Å². The average molecular weight is 311 g/mol. The molecule has 0 aliphatic heterocycles. The van der Waals surface area contributed by atoms with Gasteiger partial charge in [0.1, 0.15) is 21.9 Å². The largest absolute Gasteiger partial charge is 0.497 e. The van der Waals surface area contributed by atoms with Crippen LogP contribution < -0.4 is 4.74 Å². The van der Waals surface area contributed by atoms with Crippen LogP contribution in [0.25, 0.3) is 0 Å². The number of aromatic nitrogens is 2. The first-order chi connectivity index (χ1) is 9.63. The smallest absolute Gasteiger partial charge is 0.137 e. The Morgan fingerprint density at radius 3 is 2.15 bits per heavy atom. The van der Waals surface area contributed by atoms with E-state index in [2.05, 4.69) is 16.9 Å². The predicted octanol–water partition coefficient (Wildman–Crippen LogP) is 4.34. The van der Waals surface area contributed by atoms with Gasteiger partial charge in [0, 0.05) is 12.0 Å². The number of nitrogens with zero attached hydrogens (tertiary/aromatic N) is 2. The van der Waals surface area contributed by atoms with E-state index in [-0.39, 0.29) is 0 Å². The highest BCUT2D eigenvalue weighted by atomic mass is 35.5. The first-order valence-corrected chi connectivity index (χ1v) is 7.23. The predicted molar refractivity (Wildman–Crippen MR) is 81.8 cm³/mol. The number of rotatable bonds is 5. The van der Waals surface area contributed by atoms with Crippen molar-refractivity contribution in [1.29, 1.82) is 0 Å². The first kappa shape index (κ1) is 15.1. The lowest BCUT2D eigenvalue weighted by atomic mass is 10.1. The minimum Gasteiger partial charge on any atom is -0.497 e. The van der Waals surface area contributed by atoms with Crippen LogP contribution in [0.3, 0.4) is 0 Å². The third-order valence-electron chi connectivity index (χ3n) is 2.97. The molecule has 0 N–H and O–H groups in total. The lowest BCUT2D eigenvalue weighted by Crippen LogP contribution is -2.02. The molecule has 0 saturated carbocycles. The monoisotopic (exact) mass is 310 g/mol. The van der Waals surface area contributed by atoms with Crippen LogP contribution in [0.1, 0.15) is 30.3 Å². The van der Waals surface area contributed by atoms with Gasteiger partial charge in [-0.05, 0) is 24.1 Å². The lowest BCUT2D eigenvalue weighted by Gasteiger charge is -2.08. The van der Waals surface area contributed by atoms with Crippen molar-refractivity contribution < 1.29 is 4.74 Å². The third-order valence-corrected chi connectivity index (χ3v) is 3.60. The highest BCUT2D eigenvalue weighted by molar-refractivity contribution is 6.34. The fourth-order valence-corrected chi connectivity index (χ4v) is 2.54. The third kappa shape index (κ3) is 3.62. The molecule has 5 heteroatoms. The van der Waals surface area contributed by atoms with E-state index in [0.717, 1.165) is 29.7 Å². The maximum absolute atomic E-state index is 6.17. The van der Waals surface area contributed by atoms with Crippen LogP contribution in [0, 0.1) is 0 Å². The zero-order chi connectivity index (χ0) is 14.5. The second-order valence-corrected chi connectivity index (χ2v) is 5.19. The van der Waals surface area contributed by atoms with Crippen molar-refractivity contribution in [2.75, 3.05) is 7.11 Å². The Bertz CT molecular complexity index is 562. The fraction of sp³-hybridized carbons (Fsp3) is 0.333. The number of ether oxygens (including phenoxy) is 1. The molecule has 20 heavy (non-hydrogen) atoms. The number of hydrogen-bond donors (Lipinski definition) is 0. The highest BCUT2D eigenvalue weighted by Crippen LogP contribution is 2.23. The van der Waals surface area contributed by atoms with E-state index in [1.165, 1.54) is 0 Å². The maximum atomic E-state index is 6.17. The van der Waals surface area contributed by atoms with Gasteiger partial charge in [-0.15, -0.1) is 0 Å². The van der Waals surface area contributed by atoms with Gasteiger partial charge in [-0.2, -0.15) is 0 Å². The molecule has 0 unspecified atom stereocenters. The van der Waals surface area contributed by atoms with Crippen molar-refractivity contribution in [1.82, 2.24) is 9.97 Å². The summed E-state index contributed by atoms with van der Waals surface area (Å²) in [6, 6.07) is 7.77. The second-order valence-electron chi connectivity index (χ2n) is 4.47. The Labute approximate surface area is 128 Å².